The zero-order valence-corrected chi connectivity index (χ0v) is 16.3. The summed E-state index contributed by atoms with van der Waals surface area (Å²) >= 11 is 0. The monoisotopic (exact) mass is 335 g/mol. The number of hydrogen-bond donors (Lipinski definition) is 1. The molecule has 0 fully saturated rings. The van der Waals surface area contributed by atoms with Crippen molar-refractivity contribution >= 4 is 0 Å². The minimum absolute atomic E-state index is 0. The van der Waals surface area contributed by atoms with Crippen molar-refractivity contribution in [1.29, 1.82) is 0 Å². The first-order valence-corrected chi connectivity index (χ1v) is 9.55. The number of unbranched alkanes of at least 4 members (excludes halogenated alkanes) is 11. The molecule has 0 aromatic heterocycles. The van der Waals surface area contributed by atoms with Crippen LogP contribution in [0.2, 0.25) is 0 Å². The molecule has 0 aromatic carbocycles. The Hall–Kier alpha value is 0.210. The normalized spacial score (nSPS) is 11.5. The molecule has 0 radical (unpaired) electrons. The number of aliphatic hydroxyl groups excluding tert-OH is 1. The molecular formula is C19H42ClNO. The molecule has 1 N–H and O–H groups in total. The third kappa shape index (κ3) is 18.3. The van der Waals surface area contributed by atoms with Gasteiger partial charge in [-0.1, -0.05) is 64.7 Å². The van der Waals surface area contributed by atoms with Crippen LogP contribution in [0, 0.1) is 0 Å². The maximum atomic E-state index is 8.83. The van der Waals surface area contributed by atoms with Crippen LogP contribution in [0.25, 0.3) is 0 Å². The Labute approximate surface area is 146 Å². The lowest BCUT2D eigenvalue weighted by Gasteiger charge is -2.29. The third-order valence-electron chi connectivity index (χ3n) is 4.54. The van der Waals surface area contributed by atoms with Gasteiger partial charge in [-0.05, 0) is 25.7 Å². The summed E-state index contributed by atoms with van der Waals surface area (Å²) in [5.41, 5.74) is 0. The predicted molar refractivity (Wildman–Crippen MR) is 94.6 cm³/mol. The van der Waals surface area contributed by atoms with Crippen molar-refractivity contribution in [2.24, 2.45) is 0 Å². The van der Waals surface area contributed by atoms with E-state index in [4.69, 9.17) is 5.11 Å². The van der Waals surface area contributed by atoms with Gasteiger partial charge in [0.25, 0.3) is 0 Å². The highest BCUT2D eigenvalue weighted by Crippen LogP contribution is 2.12. The smallest absolute Gasteiger partial charge is 0.0783 e. The van der Waals surface area contributed by atoms with Crippen LogP contribution in [0.1, 0.15) is 90.4 Å². The van der Waals surface area contributed by atoms with Crippen LogP contribution in [0.3, 0.4) is 0 Å². The third-order valence-corrected chi connectivity index (χ3v) is 4.54. The van der Waals surface area contributed by atoms with Crippen LogP contribution >= 0.6 is 0 Å². The summed E-state index contributed by atoms with van der Waals surface area (Å²) in [5.74, 6) is 0. The van der Waals surface area contributed by atoms with E-state index in [-0.39, 0.29) is 12.4 Å². The zero-order valence-electron chi connectivity index (χ0n) is 15.6. The topological polar surface area (TPSA) is 20.2 Å². The molecular weight excluding hydrogens is 294 g/mol. The Morgan fingerprint density at radius 2 is 0.955 bits per heavy atom. The van der Waals surface area contributed by atoms with Crippen LogP contribution in [0.4, 0.5) is 0 Å². The summed E-state index contributed by atoms with van der Waals surface area (Å²) in [7, 11) is 4.65. The van der Waals surface area contributed by atoms with Gasteiger partial charge in [0.1, 0.15) is 0 Å². The lowest BCUT2D eigenvalue weighted by molar-refractivity contribution is -0.890. The van der Waals surface area contributed by atoms with E-state index < -0.39 is 0 Å². The first-order valence-electron chi connectivity index (χ1n) is 9.55. The molecule has 0 bridgehead atoms. The quantitative estimate of drug-likeness (QED) is 0.338. The molecule has 22 heavy (non-hydrogen) atoms. The fourth-order valence-corrected chi connectivity index (χ4v) is 2.97. The van der Waals surface area contributed by atoms with E-state index in [1.807, 2.05) is 0 Å². The Morgan fingerprint density at radius 3 is 1.36 bits per heavy atom. The highest BCUT2D eigenvalue weighted by Gasteiger charge is 2.13. The lowest BCUT2D eigenvalue weighted by atomic mass is 10.1. The van der Waals surface area contributed by atoms with Gasteiger partial charge in [-0.3, -0.25) is 0 Å². The number of aliphatic hydroxyl groups is 1. The van der Waals surface area contributed by atoms with Crippen LogP contribution in [-0.4, -0.2) is 43.4 Å². The molecule has 0 aromatic rings. The maximum Gasteiger partial charge on any atom is 0.0783 e. The van der Waals surface area contributed by atoms with E-state index in [1.165, 1.54) is 83.7 Å². The van der Waals surface area contributed by atoms with E-state index in [2.05, 4.69) is 21.0 Å². The van der Waals surface area contributed by atoms with Gasteiger partial charge in [-0.25, -0.2) is 0 Å². The first-order chi connectivity index (χ1) is 10.1. The van der Waals surface area contributed by atoms with Crippen molar-refractivity contribution in [2.75, 3.05) is 33.8 Å². The van der Waals surface area contributed by atoms with Gasteiger partial charge in [-0.2, -0.15) is 0 Å². The fraction of sp³-hybridized carbons (Fsp3) is 1.00. The van der Waals surface area contributed by atoms with E-state index >= 15 is 0 Å². The standard InChI is InChI=1S/C19H42NO.ClH/c1-4-5-6-7-8-9-10-11-12-13-14-17-20(2,3)18-15-16-19-21;/h21H,4-19H2,1-3H3;1H/q+1;/p-1. The molecule has 0 rings (SSSR count). The van der Waals surface area contributed by atoms with Crippen LogP contribution < -0.4 is 12.4 Å². The SMILES string of the molecule is CCCCCCCCCCCCC[N+](C)(C)CCCCO.[Cl-]. The summed E-state index contributed by atoms with van der Waals surface area (Å²) < 4.78 is 1.12. The molecule has 0 unspecified atom stereocenters. The number of rotatable bonds is 16. The molecule has 0 saturated carbocycles. The molecule has 0 aliphatic rings. The van der Waals surface area contributed by atoms with Crippen molar-refractivity contribution in [2.45, 2.75) is 90.4 Å². The molecule has 0 heterocycles. The summed E-state index contributed by atoms with van der Waals surface area (Å²) in [6.45, 7) is 5.13. The molecule has 0 spiro atoms. The van der Waals surface area contributed by atoms with E-state index in [0.717, 1.165) is 17.3 Å². The van der Waals surface area contributed by atoms with Crippen molar-refractivity contribution in [1.82, 2.24) is 0 Å². The molecule has 3 heteroatoms. The molecule has 136 valence electrons. The van der Waals surface area contributed by atoms with Crippen LogP contribution in [-0.2, 0) is 0 Å². The van der Waals surface area contributed by atoms with Crippen LogP contribution in [0.15, 0.2) is 0 Å². The van der Waals surface area contributed by atoms with Gasteiger partial charge >= 0.3 is 0 Å². The van der Waals surface area contributed by atoms with Gasteiger partial charge in [0.2, 0.25) is 0 Å². The summed E-state index contributed by atoms with van der Waals surface area (Å²) in [4.78, 5) is 0. The predicted octanol–water partition coefficient (Wildman–Crippen LogP) is 2.15. The van der Waals surface area contributed by atoms with Crippen molar-refractivity contribution in [3.8, 4) is 0 Å². The van der Waals surface area contributed by atoms with Gasteiger partial charge < -0.3 is 22.0 Å². The van der Waals surface area contributed by atoms with Gasteiger partial charge in [0.15, 0.2) is 0 Å². The molecule has 2 nitrogen and oxygen atoms in total. The fourth-order valence-electron chi connectivity index (χ4n) is 2.97. The largest absolute Gasteiger partial charge is 1.00 e. The number of nitrogens with zero attached hydrogens (tertiary/aromatic N) is 1. The molecule has 0 saturated heterocycles. The summed E-state index contributed by atoms with van der Waals surface area (Å²) in [6.07, 6.45) is 17.8. The Morgan fingerprint density at radius 1 is 0.591 bits per heavy atom. The van der Waals surface area contributed by atoms with Crippen molar-refractivity contribution < 1.29 is 22.0 Å². The Bertz CT molecular complexity index is 210. The molecule has 0 aliphatic heterocycles. The van der Waals surface area contributed by atoms with E-state index in [0.29, 0.717) is 6.61 Å². The first kappa shape index (κ1) is 24.5. The minimum Gasteiger partial charge on any atom is -1.00 e. The van der Waals surface area contributed by atoms with Crippen molar-refractivity contribution in [3.05, 3.63) is 0 Å². The lowest BCUT2D eigenvalue weighted by Crippen LogP contribution is -3.00. The average molecular weight is 336 g/mol. The maximum absolute atomic E-state index is 8.83. The molecule has 0 atom stereocenters. The highest BCUT2D eigenvalue weighted by molar-refractivity contribution is 4.48. The summed E-state index contributed by atoms with van der Waals surface area (Å²) in [6, 6.07) is 0. The second kappa shape index (κ2) is 17.6. The second-order valence-electron chi connectivity index (χ2n) is 7.35. The second-order valence-corrected chi connectivity index (χ2v) is 7.35. The van der Waals surface area contributed by atoms with E-state index in [9.17, 15) is 0 Å². The molecule has 0 aliphatic carbocycles. The van der Waals surface area contributed by atoms with Gasteiger partial charge in [0.05, 0.1) is 27.2 Å². The zero-order chi connectivity index (χ0) is 15.8. The summed E-state index contributed by atoms with van der Waals surface area (Å²) in [5, 5.41) is 8.83. The van der Waals surface area contributed by atoms with E-state index in [1.54, 1.807) is 0 Å². The van der Waals surface area contributed by atoms with Gasteiger partial charge in [-0.15, -0.1) is 0 Å². The highest BCUT2D eigenvalue weighted by atomic mass is 35.5. The van der Waals surface area contributed by atoms with Crippen molar-refractivity contribution in [3.63, 3.8) is 0 Å². The van der Waals surface area contributed by atoms with Gasteiger partial charge in [0, 0.05) is 6.61 Å². The Balaban J connectivity index is 0. The average Bonchev–Trinajstić information content (AvgIpc) is 2.45. The Kier molecular flexibility index (Phi) is 19.5. The number of quaternary nitrogens is 1. The number of hydrogen-bond acceptors (Lipinski definition) is 1. The number of halogens is 1. The van der Waals surface area contributed by atoms with Crippen LogP contribution in [0.5, 0.6) is 0 Å². The molecule has 0 amide bonds. The minimum atomic E-state index is 0.